The summed E-state index contributed by atoms with van der Waals surface area (Å²) in [6.45, 7) is 6.64. The molecule has 1 unspecified atom stereocenters. The van der Waals surface area contributed by atoms with Crippen molar-refractivity contribution in [3.63, 3.8) is 0 Å². The third-order valence-electron chi connectivity index (χ3n) is 5.47. The summed E-state index contributed by atoms with van der Waals surface area (Å²) in [5.74, 6) is 0.408. The maximum absolute atomic E-state index is 12.3. The Kier molecular flexibility index (Phi) is 9.16. The Morgan fingerprint density at radius 3 is 2.48 bits per heavy atom. The van der Waals surface area contributed by atoms with Gasteiger partial charge in [0, 0.05) is 31.8 Å². The van der Waals surface area contributed by atoms with Crippen LogP contribution in [0.15, 0.2) is 0 Å². The quantitative estimate of drug-likeness (QED) is 0.792. The first-order valence-corrected chi connectivity index (χ1v) is 8.61. The van der Waals surface area contributed by atoms with E-state index in [0.29, 0.717) is 0 Å². The second-order valence-corrected chi connectivity index (χ2v) is 6.79. The molecule has 0 radical (unpaired) electrons. The van der Waals surface area contributed by atoms with E-state index in [1.165, 1.54) is 32.4 Å². The third kappa shape index (κ3) is 5.20. The van der Waals surface area contributed by atoms with Gasteiger partial charge in [0.1, 0.15) is 0 Å². The van der Waals surface area contributed by atoms with Crippen molar-refractivity contribution >= 4 is 30.7 Å². The SMILES string of the molecule is Cl.Cl.O=C(NCC1(N2CCCCC2)CCOCC1)C1CCNC1. The van der Waals surface area contributed by atoms with Crippen LogP contribution in [0.5, 0.6) is 0 Å². The molecule has 0 aromatic heterocycles. The highest BCUT2D eigenvalue weighted by Gasteiger charge is 2.39. The number of carbonyl (C=O) groups excluding carboxylic acids is 1. The van der Waals surface area contributed by atoms with E-state index in [-0.39, 0.29) is 42.2 Å². The summed E-state index contributed by atoms with van der Waals surface area (Å²) in [5.41, 5.74) is 0.139. The highest BCUT2D eigenvalue weighted by atomic mass is 35.5. The molecule has 23 heavy (non-hydrogen) atoms. The number of nitrogens with one attached hydrogen (secondary N) is 2. The molecular weight excluding hydrogens is 337 g/mol. The summed E-state index contributed by atoms with van der Waals surface area (Å²) in [5, 5.41) is 6.53. The molecule has 3 aliphatic heterocycles. The molecule has 7 heteroatoms. The Balaban J connectivity index is 0.00000132. The van der Waals surface area contributed by atoms with Crippen LogP contribution in [0.2, 0.25) is 0 Å². The van der Waals surface area contributed by atoms with E-state index in [2.05, 4.69) is 15.5 Å². The van der Waals surface area contributed by atoms with Crippen molar-refractivity contribution in [2.45, 2.75) is 44.1 Å². The fourth-order valence-corrected chi connectivity index (χ4v) is 4.00. The van der Waals surface area contributed by atoms with Crippen LogP contribution in [-0.2, 0) is 9.53 Å². The third-order valence-corrected chi connectivity index (χ3v) is 5.47. The second-order valence-electron chi connectivity index (χ2n) is 6.79. The molecule has 0 aromatic carbocycles. The molecule has 3 rings (SSSR count). The summed E-state index contributed by atoms with van der Waals surface area (Å²) in [6.07, 6.45) is 7.02. The van der Waals surface area contributed by atoms with Crippen molar-refractivity contribution in [1.82, 2.24) is 15.5 Å². The molecule has 0 saturated carbocycles. The van der Waals surface area contributed by atoms with Crippen LogP contribution in [0, 0.1) is 5.92 Å². The molecule has 3 heterocycles. The van der Waals surface area contributed by atoms with Crippen LogP contribution >= 0.6 is 24.8 Å². The Bertz CT molecular complexity index is 353. The summed E-state index contributed by atoms with van der Waals surface area (Å²) in [4.78, 5) is 14.9. The van der Waals surface area contributed by atoms with E-state index < -0.39 is 0 Å². The van der Waals surface area contributed by atoms with Gasteiger partial charge in [-0.2, -0.15) is 0 Å². The van der Waals surface area contributed by atoms with Crippen LogP contribution in [-0.4, -0.2) is 62.3 Å². The average Bonchev–Trinajstić information content (AvgIpc) is 3.09. The van der Waals surface area contributed by atoms with E-state index in [9.17, 15) is 4.79 Å². The van der Waals surface area contributed by atoms with Crippen molar-refractivity contribution in [2.75, 3.05) is 45.9 Å². The molecule has 0 spiro atoms. The number of nitrogens with zero attached hydrogens (tertiary/aromatic N) is 1. The van der Waals surface area contributed by atoms with Gasteiger partial charge in [-0.3, -0.25) is 9.69 Å². The maximum Gasteiger partial charge on any atom is 0.224 e. The number of piperidine rings is 1. The van der Waals surface area contributed by atoms with Crippen molar-refractivity contribution < 1.29 is 9.53 Å². The summed E-state index contributed by atoms with van der Waals surface area (Å²) < 4.78 is 5.57. The highest BCUT2D eigenvalue weighted by molar-refractivity contribution is 5.85. The van der Waals surface area contributed by atoms with Gasteiger partial charge in [-0.1, -0.05) is 6.42 Å². The molecule has 0 aliphatic carbocycles. The Hall–Kier alpha value is -0.0700. The fourth-order valence-electron chi connectivity index (χ4n) is 4.00. The van der Waals surface area contributed by atoms with Crippen LogP contribution in [0.1, 0.15) is 38.5 Å². The van der Waals surface area contributed by atoms with Gasteiger partial charge < -0.3 is 15.4 Å². The lowest BCUT2D eigenvalue weighted by molar-refractivity contribution is -0.126. The molecule has 2 N–H and O–H groups in total. The van der Waals surface area contributed by atoms with Gasteiger partial charge in [0.05, 0.1) is 5.92 Å². The van der Waals surface area contributed by atoms with Crippen molar-refractivity contribution in [1.29, 1.82) is 0 Å². The van der Waals surface area contributed by atoms with Crippen LogP contribution in [0.25, 0.3) is 0 Å². The Labute approximate surface area is 152 Å². The van der Waals surface area contributed by atoms with Gasteiger partial charge >= 0.3 is 0 Å². The lowest BCUT2D eigenvalue weighted by Crippen LogP contribution is -2.60. The topological polar surface area (TPSA) is 53.6 Å². The largest absolute Gasteiger partial charge is 0.381 e. The minimum atomic E-state index is 0. The second kappa shape index (κ2) is 10.0. The standard InChI is InChI=1S/C16H29N3O2.2ClH/c20-15(14-4-7-17-12-14)18-13-16(5-10-21-11-6-16)19-8-2-1-3-9-19;;/h14,17H,1-13H2,(H,18,20);2*1H. The summed E-state index contributed by atoms with van der Waals surface area (Å²) in [6, 6.07) is 0. The number of ether oxygens (including phenoxy) is 1. The molecule has 0 bridgehead atoms. The van der Waals surface area contributed by atoms with Gasteiger partial charge in [-0.25, -0.2) is 0 Å². The van der Waals surface area contributed by atoms with Crippen LogP contribution in [0.4, 0.5) is 0 Å². The Morgan fingerprint density at radius 2 is 1.87 bits per heavy atom. The van der Waals surface area contributed by atoms with E-state index in [1.807, 2.05) is 0 Å². The minimum Gasteiger partial charge on any atom is -0.381 e. The fraction of sp³-hybridized carbons (Fsp3) is 0.938. The van der Waals surface area contributed by atoms with Gasteiger partial charge in [0.25, 0.3) is 0 Å². The zero-order valence-corrected chi connectivity index (χ0v) is 15.5. The van der Waals surface area contributed by atoms with E-state index in [4.69, 9.17) is 4.74 Å². The van der Waals surface area contributed by atoms with Crippen molar-refractivity contribution in [3.05, 3.63) is 0 Å². The van der Waals surface area contributed by atoms with Crippen LogP contribution in [0.3, 0.4) is 0 Å². The highest BCUT2D eigenvalue weighted by Crippen LogP contribution is 2.30. The first-order valence-electron chi connectivity index (χ1n) is 8.61. The number of amides is 1. The molecule has 0 aromatic rings. The number of carbonyl (C=O) groups is 1. The number of halogens is 2. The molecule has 3 saturated heterocycles. The predicted molar refractivity (Wildman–Crippen MR) is 96.7 cm³/mol. The smallest absolute Gasteiger partial charge is 0.224 e. The summed E-state index contributed by atoms with van der Waals surface area (Å²) in [7, 11) is 0. The van der Waals surface area contributed by atoms with Gasteiger partial charge in [0.15, 0.2) is 0 Å². The van der Waals surface area contributed by atoms with Crippen molar-refractivity contribution in [3.8, 4) is 0 Å². The molecule has 1 amide bonds. The average molecular weight is 368 g/mol. The lowest BCUT2D eigenvalue weighted by atomic mass is 9.86. The molecular formula is C16H31Cl2N3O2. The number of hydrogen-bond donors (Lipinski definition) is 2. The van der Waals surface area contributed by atoms with Crippen LogP contribution < -0.4 is 10.6 Å². The Morgan fingerprint density at radius 1 is 1.17 bits per heavy atom. The lowest BCUT2D eigenvalue weighted by Gasteiger charge is -2.48. The normalized spacial score (nSPS) is 27.6. The van der Waals surface area contributed by atoms with Gasteiger partial charge in [0.2, 0.25) is 5.91 Å². The van der Waals surface area contributed by atoms with Gasteiger partial charge in [-0.15, -0.1) is 24.8 Å². The maximum atomic E-state index is 12.3. The number of likely N-dealkylation sites (tertiary alicyclic amines) is 1. The summed E-state index contributed by atoms with van der Waals surface area (Å²) >= 11 is 0. The number of rotatable bonds is 4. The predicted octanol–water partition coefficient (Wildman–Crippen LogP) is 1.59. The zero-order valence-electron chi connectivity index (χ0n) is 13.8. The van der Waals surface area contributed by atoms with E-state index in [0.717, 1.165) is 52.1 Å². The molecule has 3 fully saturated rings. The molecule has 5 nitrogen and oxygen atoms in total. The molecule has 1 atom stereocenters. The van der Waals surface area contributed by atoms with Gasteiger partial charge in [-0.05, 0) is 51.7 Å². The van der Waals surface area contributed by atoms with Crippen molar-refractivity contribution in [2.24, 2.45) is 5.92 Å². The number of hydrogen-bond acceptors (Lipinski definition) is 4. The first-order chi connectivity index (χ1) is 10.3. The molecule has 3 aliphatic rings. The first kappa shape index (κ1) is 21.0. The molecule has 136 valence electrons. The van der Waals surface area contributed by atoms with E-state index in [1.54, 1.807) is 0 Å². The monoisotopic (exact) mass is 367 g/mol. The van der Waals surface area contributed by atoms with E-state index >= 15 is 0 Å². The zero-order chi connectivity index (χ0) is 14.5. The minimum absolute atomic E-state index is 0.